The molecule has 0 saturated heterocycles. The van der Waals surface area contributed by atoms with Crippen LogP contribution in [0.3, 0.4) is 0 Å². The topological polar surface area (TPSA) is 86.8 Å². The number of sulfonamides is 1. The Labute approximate surface area is 244 Å². The first-order chi connectivity index (χ1) is 17.9. The van der Waals surface area contributed by atoms with Gasteiger partial charge in [-0.3, -0.25) is 13.9 Å². The first-order valence-corrected chi connectivity index (χ1v) is 15.7. The number of carbonyl (C=O) groups is 2. The van der Waals surface area contributed by atoms with Crippen LogP contribution in [-0.4, -0.2) is 50.0 Å². The molecule has 12 heteroatoms. The molecule has 0 radical (unpaired) electrons. The fraction of sp³-hybridized carbons (Fsp3) is 0.462. The summed E-state index contributed by atoms with van der Waals surface area (Å²) in [5.41, 5.74) is 0.519. The lowest BCUT2D eigenvalue weighted by molar-refractivity contribution is -0.140. The minimum absolute atomic E-state index is 0.00447. The van der Waals surface area contributed by atoms with E-state index in [2.05, 4.69) is 5.32 Å². The van der Waals surface area contributed by atoms with E-state index < -0.39 is 28.5 Å². The lowest BCUT2D eigenvalue weighted by atomic mass is 9.95. The van der Waals surface area contributed by atoms with E-state index in [-0.39, 0.29) is 34.2 Å². The van der Waals surface area contributed by atoms with Crippen LogP contribution in [0.2, 0.25) is 20.1 Å². The van der Waals surface area contributed by atoms with Crippen LogP contribution >= 0.6 is 46.4 Å². The molecular formula is C26H31Cl4N3O4S. The van der Waals surface area contributed by atoms with Crippen molar-refractivity contribution in [1.82, 2.24) is 10.2 Å². The number of amides is 2. The SMILES string of the molecule is CC[C@H](C(=O)NC1CCCCC1)N(Cc1c(Cl)cccc1Cl)C(=O)CN(c1cccc(Cl)c1Cl)S(C)(=O)=O. The molecule has 0 unspecified atom stereocenters. The summed E-state index contributed by atoms with van der Waals surface area (Å²) in [7, 11) is -3.96. The van der Waals surface area contributed by atoms with Gasteiger partial charge in [0.1, 0.15) is 12.6 Å². The fourth-order valence-electron chi connectivity index (χ4n) is 4.60. The number of nitrogens with one attached hydrogen (secondary N) is 1. The molecule has 0 aromatic heterocycles. The highest BCUT2D eigenvalue weighted by atomic mass is 35.5. The average molecular weight is 623 g/mol. The zero-order chi connectivity index (χ0) is 28.0. The molecule has 1 aliphatic carbocycles. The van der Waals surface area contributed by atoms with E-state index in [0.29, 0.717) is 22.0 Å². The van der Waals surface area contributed by atoms with Crippen LogP contribution in [0.4, 0.5) is 5.69 Å². The molecular weight excluding hydrogens is 592 g/mol. The van der Waals surface area contributed by atoms with Gasteiger partial charge in [0.25, 0.3) is 0 Å². The maximum atomic E-state index is 13.9. The number of rotatable bonds is 10. The molecule has 2 aromatic rings. The van der Waals surface area contributed by atoms with Gasteiger partial charge in [-0.25, -0.2) is 8.42 Å². The van der Waals surface area contributed by atoms with Crippen LogP contribution in [0, 0.1) is 0 Å². The zero-order valence-electron chi connectivity index (χ0n) is 21.2. The summed E-state index contributed by atoms with van der Waals surface area (Å²) in [5.74, 6) is -0.921. The summed E-state index contributed by atoms with van der Waals surface area (Å²) in [6.07, 6.45) is 6.21. The quantitative estimate of drug-likeness (QED) is 0.336. The summed E-state index contributed by atoms with van der Waals surface area (Å²) >= 11 is 25.3. The highest BCUT2D eigenvalue weighted by Gasteiger charge is 2.34. The number of anilines is 1. The molecule has 1 saturated carbocycles. The van der Waals surface area contributed by atoms with Crippen molar-refractivity contribution in [3.05, 3.63) is 62.1 Å². The van der Waals surface area contributed by atoms with Gasteiger partial charge < -0.3 is 10.2 Å². The number of carbonyl (C=O) groups excluding carboxylic acids is 2. The van der Waals surface area contributed by atoms with Crippen molar-refractivity contribution in [3.8, 4) is 0 Å². The molecule has 0 spiro atoms. The molecule has 0 aliphatic heterocycles. The molecule has 1 atom stereocenters. The van der Waals surface area contributed by atoms with Crippen molar-refractivity contribution in [3.63, 3.8) is 0 Å². The van der Waals surface area contributed by atoms with Gasteiger partial charge in [0.15, 0.2) is 0 Å². The molecule has 2 aromatic carbocycles. The van der Waals surface area contributed by atoms with Crippen molar-refractivity contribution >= 4 is 73.9 Å². The van der Waals surface area contributed by atoms with Crippen LogP contribution in [0.5, 0.6) is 0 Å². The van der Waals surface area contributed by atoms with Crippen LogP contribution in [0.1, 0.15) is 51.0 Å². The summed E-state index contributed by atoms with van der Waals surface area (Å²) in [4.78, 5) is 28.7. The van der Waals surface area contributed by atoms with Gasteiger partial charge in [0, 0.05) is 28.2 Å². The van der Waals surface area contributed by atoms with Crippen LogP contribution in [-0.2, 0) is 26.2 Å². The standard InChI is InChI=1S/C26H31Cl4N3O4S/c1-3-22(26(35)31-17-9-5-4-6-10-17)32(15-18-19(27)11-7-12-20(18)28)24(34)16-33(38(2,36)37)23-14-8-13-21(29)25(23)30/h7-8,11-14,17,22H,3-6,9-10,15-16H2,1-2H3,(H,31,35)/t22-/m1/s1. The second-order valence-corrected chi connectivity index (χ2v) is 12.8. The maximum Gasteiger partial charge on any atom is 0.244 e. The van der Waals surface area contributed by atoms with Gasteiger partial charge in [-0.1, -0.05) is 84.7 Å². The molecule has 1 N–H and O–H groups in total. The Morgan fingerprint density at radius 1 is 0.974 bits per heavy atom. The molecule has 1 fully saturated rings. The van der Waals surface area contributed by atoms with Crippen LogP contribution in [0.15, 0.2) is 36.4 Å². The van der Waals surface area contributed by atoms with Crippen molar-refractivity contribution in [2.45, 2.75) is 64.1 Å². The van der Waals surface area contributed by atoms with Gasteiger partial charge in [-0.05, 0) is 43.5 Å². The third kappa shape index (κ3) is 7.69. The summed E-state index contributed by atoms with van der Waals surface area (Å²) < 4.78 is 26.5. The molecule has 1 aliphatic rings. The monoisotopic (exact) mass is 621 g/mol. The smallest absolute Gasteiger partial charge is 0.244 e. The van der Waals surface area contributed by atoms with Gasteiger partial charge >= 0.3 is 0 Å². The van der Waals surface area contributed by atoms with Crippen LogP contribution < -0.4 is 9.62 Å². The fourth-order valence-corrected chi connectivity index (χ4v) is 6.42. The lowest BCUT2D eigenvalue weighted by Gasteiger charge is -2.34. The van der Waals surface area contributed by atoms with Gasteiger partial charge in [-0.15, -0.1) is 0 Å². The maximum absolute atomic E-state index is 13.9. The predicted octanol–water partition coefficient (Wildman–Crippen LogP) is 6.32. The largest absolute Gasteiger partial charge is 0.352 e. The Bertz CT molecular complexity index is 1250. The number of nitrogens with zero attached hydrogens (tertiary/aromatic N) is 2. The second kappa shape index (κ2) is 13.6. The Kier molecular flexibility index (Phi) is 11.0. The van der Waals surface area contributed by atoms with Crippen LogP contribution in [0.25, 0.3) is 0 Å². The highest BCUT2D eigenvalue weighted by Crippen LogP contribution is 2.34. The number of halogens is 4. The van der Waals surface area contributed by atoms with E-state index in [0.717, 1.165) is 42.7 Å². The Hall–Kier alpha value is -1.71. The molecule has 2 amide bonds. The lowest BCUT2D eigenvalue weighted by Crippen LogP contribution is -2.54. The van der Waals surface area contributed by atoms with Crippen molar-refractivity contribution in [2.75, 3.05) is 17.1 Å². The Morgan fingerprint density at radius 3 is 2.13 bits per heavy atom. The first-order valence-electron chi connectivity index (χ1n) is 12.4. The molecule has 38 heavy (non-hydrogen) atoms. The van der Waals surface area contributed by atoms with E-state index in [1.54, 1.807) is 31.2 Å². The first kappa shape index (κ1) is 30.8. The van der Waals surface area contributed by atoms with E-state index in [9.17, 15) is 18.0 Å². The molecule has 0 bridgehead atoms. The van der Waals surface area contributed by atoms with Crippen molar-refractivity contribution in [2.24, 2.45) is 0 Å². The van der Waals surface area contributed by atoms with E-state index in [4.69, 9.17) is 46.4 Å². The van der Waals surface area contributed by atoms with E-state index in [1.165, 1.54) is 17.0 Å². The summed E-state index contributed by atoms with van der Waals surface area (Å²) in [6.45, 7) is 1.10. The third-order valence-corrected chi connectivity index (χ3v) is 9.25. The summed E-state index contributed by atoms with van der Waals surface area (Å²) in [5, 5.41) is 3.88. The molecule has 208 valence electrons. The highest BCUT2D eigenvalue weighted by molar-refractivity contribution is 7.92. The molecule has 0 heterocycles. The van der Waals surface area contributed by atoms with E-state index >= 15 is 0 Å². The van der Waals surface area contributed by atoms with E-state index in [1.807, 2.05) is 0 Å². The van der Waals surface area contributed by atoms with Crippen molar-refractivity contribution in [1.29, 1.82) is 0 Å². The third-order valence-electron chi connectivity index (χ3n) is 6.61. The average Bonchev–Trinajstić information content (AvgIpc) is 2.86. The number of hydrogen-bond acceptors (Lipinski definition) is 4. The minimum atomic E-state index is -3.96. The van der Waals surface area contributed by atoms with Gasteiger partial charge in [0.05, 0.1) is 22.0 Å². The number of benzene rings is 2. The van der Waals surface area contributed by atoms with Gasteiger partial charge in [0.2, 0.25) is 21.8 Å². The van der Waals surface area contributed by atoms with Gasteiger partial charge in [-0.2, -0.15) is 0 Å². The molecule has 3 rings (SSSR count). The second-order valence-electron chi connectivity index (χ2n) is 9.33. The van der Waals surface area contributed by atoms with Crippen molar-refractivity contribution < 1.29 is 18.0 Å². The summed E-state index contributed by atoms with van der Waals surface area (Å²) in [6, 6.07) is 8.64. The molecule has 7 nitrogen and oxygen atoms in total. The zero-order valence-corrected chi connectivity index (χ0v) is 25.1. The normalized spacial score (nSPS) is 15.1. The minimum Gasteiger partial charge on any atom is -0.352 e. The Morgan fingerprint density at radius 2 is 1.55 bits per heavy atom. The predicted molar refractivity (Wildman–Crippen MR) is 155 cm³/mol. The number of hydrogen-bond donors (Lipinski definition) is 1. The Balaban J connectivity index is 1.99.